The maximum absolute atomic E-state index is 10.5. The summed E-state index contributed by atoms with van der Waals surface area (Å²) in [6, 6.07) is 3.90. The minimum atomic E-state index is -0.844. The second-order valence-corrected chi connectivity index (χ2v) is 4.73. The number of aliphatic carboxylic acids is 1. The molecule has 0 amide bonds. The first-order valence-electron chi connectivity index (χ1n) is 5.43. The highest BCUT2D eigenvalue weighted by atomic mass is 32.2. The molecule has 5 nitrogen and oxygen atoms in total. The minimum Gasteiger partial charge on any atom is -0.481 e. The van der Waals surface area contributed by atoms with E-state index in [1.165, 1.54) is 11.8 Å². The van der Waals surface area contributed by atoms with E-state index in [1.807, 2.05) is 29.8 Å². The normalized spacial score (nSPS) is 10.5. The Morgan fingerprint density at radius 2 is 2.28 bits per heavy atom. The van der Waals surface area contributed by atoms with Crippen molar-refractivity contribution >= 4 is 17.7 Å². The molecule has 6 heteroatoms. The van der Waals surface area contributed by atoms with Crippen molar-refractivity contribution in [3.63, 3.8) is 0 Å². The van der Waals surface area contributed by atoms with Gasteiger partial charge in [0.1, 0.15) is 0 Å². The number of carbonyl (C=O) groups is 1. The Morgan fingerprint density at radius 1 is 1.44 bits per heavy atom. The summed E-state index contributed by atoms with van der Waals surface area (Å²) in [6.45, 7) is 2.61. The maximum atomic E-state index is 10.5. The van der Waals surface area contributed by atoms with Gasteiger partial charge >= 0.3 is 5.97 Å². The standard InChI is InChI=1S/C12H13N3O2S/c1-9-3-2-4-13-10(9)7-15-6-5-14-12(15)18-8-11(16)17/h2-6H,7-8H2,1H3,(H,16,17). The Bertz CT molecular complexity index is 554. The van der Waals surface area contributed by atoms with Gasteiger partial charge in [0.25, 0.3) is 0 Å². The highest BCUT2D eigenvalue weighted by molar-refractivity contribution is 7.99. The fourth-order valence-corrected chi connectivity index (χ4v) is 2.21. The van der Waals surface area contributed by atoms with Crippen molar-refractivity contribution in [3.05, 3.63) is 42.0 Å². The molecule has 0 bridgehead atoms. The molecule has 94 valence electrons. The van der Waals surface area contributed by atoms with Crippen LogP contribution in [0.3, 0.4) is 0 Å². The molecule has 0 aliphatic rings. The molecule has 1 N–H and O–H groups in total. The van der Waals surface area contributed by atoms with Crippen LogP contribution in [0.1, 0.15) is 11.3 Å². The van der Waals surface area contributed by atoms with Crippen LogP contribution in [0.15, 0.2) is 35.9 Å². The summed E-state index contributed by atoms with van der Waals surface area (Å²) >= 11 is 1.21. The molecule has 0 atom stereocenters. The molecule has 2 rings (SSSR count). The number of aromatic nitrogens is 3. The molecular weight excluding hydrogens is 250 g/mol. The number of aryl methyl sites for hydroxylation is 1. The van der Waals surface area contributed by atoms with Gasteiger partial charge in [-0.1, -0.05) is 17.8 Å². The Morgan fingerprint density at radius 3 is 3.00 bits per heavy atom. The van der Waals surface area contributed by atoms with E-state index in [4.69, 9.17) is 5.11 Å². The van der Waals surface area contributed by atoms with Gasteiger partial charge in [-0.25, -0.2) is 4.98 Å². The van der Waals surface area contributed by atoms with Crippen LogP contribution >= 0.6 is 11.8 Å². The van der Waals surface area contributed by atoms with Gasteiger partial charge in [-0.05, 0) is 18.6 Å². The summed E-state index contributed by atoms with van der Waals surface area (Å²) in [6.07, 6.45) is 5.25. The summed E-state index contributed by atoms with van der Waals surface area (Å²) in [7, 11) is 0. The van der Waals surface area contributed by atoms with Crippen LogP contribution in [0, 0.1) is 6.92 Å². The van der Waals surface area contributed by atoms with E-state index in [-0.39, 0.29) is 5.75 Å². The second kappa shape index (κ2) is 5.68. The minimum absolute atomic E-state index is 0.0121. The van der Waals surface area contributed by atoms with Crippen LogP contribution < -0.4 is 0 Å². The summed E-state index contributed by atoms with van der Waals surface area (Å²) in [5, 5.41) is 9.36. The van der Waals surface area contributed by atoms with E-state index in [0.717, 1.165) is 11.3 Å². The fraction of sp³-hybridized carbons (Fsp3) is 0.250. The van der Waals surface area contributed by atoms with Crippen LogP contribution in [-0.4, -0.2) is 31.4 Å². The Labute approximate surface area is 109 Å². The second-order valence-electron chi connectivity index (χ2n) is 3.79. The van der Waals surface area contributed by atoms with Crippen molar-refractivity contribution in [1.82, 2.24) is 14.5 Å². The summed E-state index contributed by atoms with van der Waals surface area (Å²) in [5.74, 6) is -0.832. The van der Waals surface area contributed by atoms with Crippen LogP contribution in [0.5, 0.6) is 0 Å². The monoisotopic (exact) mass is 263 g/mol. The number of hydrogen-bond acceptors (Lipinski definition) is 4. The average Bonchev–Trinajstić information content (AvgIpc) is 2.77. The first-order chi connectivity index (χ1) is 8.66. The summed E-state index contributed by atoms with van der Waals surface area (Å²) < 4.78 is 1.91. The van der Waals surface area contributed by atoms with Gasteiger partial charge in [0.05, 0.1) is 18.0 Å². The number of hydrogen-bond donors (Lipinski definition) is 1. The van der Waals surface area contributed by atoms with E-state index in [9.17, 15) is 4.79 Å². The van der Waals surface area contributed by atoms with Gasteiger partial charge < -0.3 is 9.67 Å². The van der Waals surface area contributed by atoms with Crippen molar-refractivity contribution in [2.45, 2.75) is 18.6 Å². The predicted molar refractivity (Wildman–Crippen MR) is 68.7 cm³/mol. The molecule has 0 aromatic carbocycles. The fourth-order valence-electron chi connectivity index (χ4n) is 1.53. The van der Waals surface area contributed by atoms with Crippen molar-refractivity contribution in [1.29, 1.82) is 0 Å². The SMILES string of the molecule is Cc1cccnc1Cn1ccnc1SCC(=O)O. The summed E-state index contributed by atoms with van der Waals surface area (Å²) in [4.78, 5) is 19.0. The van der Waals surface area contributed by atoms with Gasteiger partial charge in [-0.2, -0.15) is 0 Å². The van der Waals surface area contributed by atoms with Gasteiger partial charge in [-0.15, -0.1) is 0 Å². The molecule has 0 aliphatic heterocycles. The number of nitrogens with zero attached hydrogens (tertiary/aromatic N) is 3. The Kier molecular flexibility index (Phi) is 3.99. The molecule has 2 heterocycles. The predicted octanol–water partition coefficient (Wildman–Crippen LogP) is 1.81. The third-order valence-corrected chi connectivity index (χ3v) is 3.43. The molecule has 0 saturated heterocycles. The topological polar surface area (TPSA) is 68.0 Å². The van der Waals surface area contributed by atoms with E-state index in [1.54, 1.807) is 12.4 Å². The lowest BCUT2D eigenvalue weighted by atomic mass is 10.2. The van der Waals surface area contributed by atoms with Gasteiger partial charge in [0, 0.05) is 18.6 Å². The lowest BCUT2D eigenvalue weighted by molar-refractivity contribution is -0.133. The van der Waals surface area contributed by atoms with Crippen molar-refractivity contribution in [2.24, 2.45) is 0 Å². The van der Waals surface area contributed by atoms with Crippen molar-refractivity contribution < 1.29 is 9.90 Å². The number of imidazole rings is 1. The average molecular weight is 263 g/mol. The van der Waals surface area contributed by atoms with Crippen molar-refractivity contribution in [3.8, 4) is 0 Å². The zero-order valence-electron chi connectivity index (χ0n) is 9.91. The first kappa shape index (κ1) is 12.6. The molecule has 0 spiro atoms. The lowest BCUT2D eigenvalue weighted by Crippen LogP contribution is -2.06. The molecule has 2 aromatic rings. The number of carboxylic acids is 1. The van der Waals surface area contributed by atoms with Crippen LogP contribution in [0.25, 0.3) is 0 Å². The Hall–Kier alpha value is -1.82. The van der Waals surface area contributed by atoms with Crippen LogP contribution in [0.2, 0.25) is 0 Å². The molecular formula is C12H13N3O2S. The van der Waals surface area contributed by atoms with Gasteiger partial charge in [0.2, 0.25) is 0 Å². The van der Waals surface area contributed by atoms with Gasteiger partial charge in [0.15, 0.2) is 5.16 Å². The third kappa shape index (κ3) is 3.10. The number of rotatable bonds is 5. The highest BCUT2D eigenvalue weighted by Crippen LogP contribution is 2.17. The molecule has 0 radical (unpaired) electrons. The molecule has 2 aromatic heterocycles. The maximum Gasteiger partial charge on any atom is 0.313 e. The molecule has 0 fully saturated rings. The highest BCUT2D eigenvalue weighted by Gasteiger charge is 2.08. The molecule has 18 heavy (non-hydrogen) atoms. The number of thioether (sulfide) groups is 1. The van der Waals surface area contributed by atoms with E-state index in [2.05, 4.69) is 9.97 Å². The number of pyridine rings is 1. The quantitative estimate of drug-likeness (QED) is 0.833. The zero-order valence-corrected chi connectivity index (χ0v) is 10.7. The lowest BCUT2D eigenvalue weighted by Gasteiger charge is -2.08. The molecule has 0 aliphatic carbocycles. The molecule has 0 saturated carbocycles. The van der Waals surface area contributed by atoms with Crippen LogP contribution in [-0.2, 0) is 11.3 Å². The first-order valence-corrected chi connectivity index (χ1v) is 6.41. The largest absolute Gasteiger partial charge is 0.481 e. The molecule has 0 unspecified atom stereocenters. The van der Waals surface area contributed by atoms with E-state index >= 15 is 0 Å². The Balaban J connectivity index is 2.12. The zero-order chi connectivity index (χ0) is 13.0. The van der Waals surface area contributed by atoms with E-state index in [0.29, 0.717) is 11.7 Å². The van der Waals surface area contributed by atoms with Crippen molar-refractivity contribution in [2.75, 3.05) is 5.75 Å². The third-order valence-electron chi connectivity index (χ3n) is 2.44. The summed E-state index contributed by atoms with van der Waals surface area (Å²) in [5.41, 5.74) is 2.08. The number of carboxylic acid groups (broad SMARTS) is 1. The van der Waals surface area contributed by atoms with E-state index < -0.39 is 5.97 Å². The van der Waals surface area contributed by atoms with Crippen LogP contribution in [0.4, 0.5) is 0 Å². The smallest absolute Gasteiger partial charge is 0.313 e. The van der Waals surface area contributed by atoms with Gasteiger partial charge in [-0.3, -0.25) is 9.78 Å².